The summed E-state index contributed by atoms with van der Waals surface area (Å²) in [4.78, 5) is 0. The molecule has 1 aromatic carbocycles. The fraction of sp³-hybridized carbons (Fsp3) is 0.300. The van der Waals surface area contributed by atoms with E-state index in [-0.39, 0.29) is 6.61 Å². The number of nitrogens with zero attached hydrogens (tertiary/aromatic N) is 1. The second kappa shape index (κ2) is 5.82. The van der Waals surface area contributed by atoms with E-state index in [1.807, 2.05) is 13.1 Å². The zero-order valence-corrected chi connectivity index (χ0v) is 9.69. The van der Waals surface area contributed by atoms with Crippen molar-refractivity contribution in [1.29, 1.82) is 5.26 Å². The highest BCUT2D eigenvalue weighted by atomic mass is 35.5. The lowest BCUT2D eigenvalue weighted by atomic mass is 10.2. The molecule has 5 heteroatoms. The maximum atomic E-state index is 8.43. The van der Waals surface area contributed by atoms with Crippen molar-refractivity contribution in [3.8, 4) is 11.8 Å². The molecule has 15 heavy (non-hydrogen) atoms. The number of nitrogens with one attached hydrogen (secondary N) is 1. The molecular weight excluding hydrogens is 235 g/mol. The molecular formula is C10H10Cl2N2O. The summed E-state index contributed by atoms with van der Waals surface area (Å²) in [5, 5.41) is 12.4. The molecule has 3 nitrogen and oxygen atoms in total. The van der Waals surface area contributed by atoms with Crippen molar-refractivity contribution in [2.75, 3.05) is 13.7 Å². The lowest BCUT2D eigenvalue weighted by Gasteiger charge is -2.11. The number of hydrogen-bond donors (Lipinski definition) is 1. The van der Waals surface area contributed by atoms with Gasteiger partial charge < -0.3 is 10.1 Å². The van der Waals surface area contributed by atoms with Crippen molar-refractivity contribution >= 4 is 23.2 Å². The molecule has 0 fully saturated rings. The van der Waals surface area contributed by atoms with Gasteiger partial charge in [-0.15, -0.1) is 0 Å². The molecule has 0 spiro atoms. The summed E-state index contributed by atoms with van der Waals surface area (Å²) in [5.74, 6) is 0.511. The van der Waals surface area contributed by atoms with Crippen molar-refractivity contribution in [3.05, 3.63) is 27.7 Å². The van der Waals surface area contributed by atoms with Crippen LogP contribution in [0.15, 0.2) is 12.1 Å². The number of nitriles is 1. The standard InChI is InChI=1S/C10H10Cl2N2O/c1-14-6-7-4-8(11)5-9(12)10(7)15-3-2-13/h4-5,14H,3,6H2,1H3. The summed E-state index contributed by atoms with van der Waals surface area (Å²) in [5.41, 5.74) is 0.838. The number of hydrogen-bond acceptors (Lipinski definition) is 3. The van der Waals surface area contributed by atoms with Crippen molar-refractivity contribution in [2.24, 2.45) is 0 Å². The van der Waals surface area contributed by atoms with Crippen LogP contribution >= 0.6 is 23.2 Å². The Bertz CT molecular complexity index is 388. The van der Waals surface area contributed by atoms with Crippen LogP contribution in [-0.4, -0.2) is 13.7 Å². The summed E-state index contributed by atoms with van der Waals surface area (Å²) in [6.45, 7) is 0.555. The summed E-state index contributed by atoms with van der Waals surface area (Å²) in [7, 11) is 1.81. The first-order chi connectivity index (χ1) is 7.19. The molecule has 1 rings (SSSR count). The fourth-order valence-corrected chi connectivity index (χ4v) is 1.79. The Labute approximate surface area is 98.6 Å². The average molecular weight is 245 g/mol. The molecule has 1 aromatic rings. The van der Waals surface area contributed by atoms with Crippen LogP contribution in [0.3, 0.4) is 0 Å². The molecule has 0 radical (unpaired) electrons. The Morgan fingerprint density at radius 3 is 2.80 bits per heavy atom. The predicted molar refractivity (Wildman–Crippen MR) is 60.3 cm³/mol. The van der Waals surface area contributed by atoms with E-state index in [2.05, 4.69) is 5.32 Å². The topological polar surface area (TPSA) is 45.0 Å². The van der Waals surface area contributed by atoms with E-state index in [1.54, 1.807) is 12.1 Å². The van der Waals surface area contributed by atoms with Gasteiger partial charge in [0.05, 0.1) is 5.02 Å². The van der Waals surface area contributed by atoms with E-state index in [0.29, 0.717) is 22.3 Å². The molecule has 0 amide bonds. The second-order valence-corrected chi connectivity index (χ2v) is 3.70. The third-order valence-electron chi connectivity index (χ3n) is 1.73. The predicted octanol–water partition coefficient (Wildman–Crippen LogP) is 2.62. The van der Waals surface area contributed by atoms with Crippen molar-refractivity contribution in [2.45, 2.75) is 6.54 Å². The SMILES string of the molecule is CNCc1cc(Cl)cc(Cl)c1OCC#N. The Hall–Kier alpha value is -0.950. The van der Waals surface area contributed by atoms with Gasteiger partial charge in [0.2, 0.25) is 0 Å². The highest BCUT2D eigenvalue weighted by Gasteiger charge is 2.09. The van der Waals surface area contributed by atoms with Crippen LogP contribution in [0, 0.1) is 11.3 Å². The van der Waals surface area contributed by atoms with Gasteiger partial charge in [-0.05, 0) is 19.2 Å². The zero-order chi connectivity index (χ0) is 11.3. The van der Waals surface area contributed by atoms with Crippen LogP contribution in [0.25, 0.3) is 0 Å². The molecule has 0 aromatic heterocycles. The number of ether oxygens (including phenoxy) is 1. The third-order valence-corrected chi connectivity index (χ3v) is 2.23. The van der Waals surface area contributed by atoms with E-state index in [1.165, 1.54) is 0 Å². The minimum atomic E-state index is -0.0297. The van der Waals surface area contributed by atoms with Crippen molar-refractivity contribution in [1.82, 2.24) is 5.32 Å². The van der Waals surface area contributed by atoms with Gasteiger partial charge in [0.25, 0.3) is 0 Å². The first kappa shape index (κ1) is 12.1. The van der Waals surface area contributed by atoms with Gasteiger partial charge in [0, 0.05) is 17.1 Å². The van der Waals surface area contributed by atoms with Crippen LogP contribution in [0.1, 0.15) is 5.56 Å². The van der Waals surface area contributed by atoms with Crippen LogP contribution in [0.5, 0.6) is 5.75 Å². The summed E-state index contributed by atoms with van der Waals surface area (Å²) >= 11 is 11.8. The largest absolute Gasteiger partial charge is 0.477 e. The molecule has 0 aliphatic carbocycles. The van der Waals surface area contributed by atoms with E-state index in [9.17, 15) is 0 Å². The molecule has 0 aliphatic heterocycles. The number of benzene rings is 1. The van der Waals surface area contributed by atoms with Crippen molar-refractivity contribution < 1.29 is 4.74 Å². The van der Waals surface area contributed by atoms with Gasteiger partial charge in [-0.1, -0.05) is 23.2 Å². The molecule has 80 valence electrons. The minimum Gasteiger partial charge on any atom is -0.477 e. The Kier molecular flexibility index (Phi) is 4.70. The van der Waals surface area contributed by atoms with E-state index < -0.39 is 0 Å². The first-order valence-electron chi connectivity index (χ1n) is 4.31. The Morgan fingerprint density at radius 2 is 2.20 bits per heavy atom. The van der Waals surface area contributed by atoms with E-state index in [0.717, 1.165) is 5.56 Å². The normalized spacial score (nSPS) is 9.73. The summed E-state index contributed by atoms with van der Waals surface area (Å²) < 4.78 is 5.23. The van der Waals surface area contributed by atoms with Gasteiger partial charge >= 0.3 is 0 Å². The average Bonchev–Trinajstić information content (AvgIpc) is 2.17. The molecule has 0 saturated heterocycles. The maximum absolute atomic E-state index is 8.43. The van der Waals surface area contributed by atoms with E-state index in [4.69, 9.17) is 33.2 Å². The minimum absolute atomic E-state index is 0.0297. The smallest absolute Gasteiger partial charge is 0.174 e. The van der Waals surface area contributed by atoms with Crippen LogP contribution in [-0.2, 0) is 6.54 Å². The van der Waals surface area contributed by atoms with Crippen molar-refractivity contribution in [3.63, 3.8) is 0 Å². The van der Waals surface area contributed by atoms with Crippen LogP contribution in [0.2, 0.25) is 10.0 Å². The zero-order valence-electron chi connectivity index (χ0n) is 8.18. The lowest BCUT2D eigenvalue weighted by molar-refractivity contribution is 0.363. The molecule has 1 N–H and O–H groups in total. The number of rotatable bonds is 4. The second-order valence-electron chi connectivity index (χ2n) is 2.85. The highest BCUT2D eigenvalue weighted by molar-refractivity contribution is 6.35. The lowest BCUT2D eigenvalue weighted by Crippen LogP contribution is -2.08. The molecule has 0 bridgehead atoms. The van der Waals surface area contributed by atoms with Gasteiger partial charge in [-0.2, -0.15) is 5.26 Å². The molecule has 0 heterocycles. The molecule has 0 saturated carbocycles. The van der Waals surface area contributed by atoms with Crippen LogP contribution in [0.4, 0.5) is 0 Å². The maximum Gasteiger partial charge on any atom is 0.174 e. The van der Waals surface area contributed by atoms with Crippen LogP contribution < -0.4 is 10.1 Å². The molecule has 0 unspecified atom stereocenters. The first-order valence-corrected chi connectivity index (χ1v) is 5.07. The fourth-order valence-electron chi connectivity index (χ4n) is 1.20. The summed E-state index contributed by atoms with van der Waals surface area (Å²) in [6.07, 6.45) is 0. The van der Waals surface area contributed by atoms with Gasteiger partial charge in [0.1, 0.15) is 11.8 Å². The molecule has 0 aliphatic rings. The third kappa shape index (κ3) is 3.28. The number of halogens is 2. The van der Waals surface area contributed by atoms with Gasteiger partial charge in [0.15, 0.2) is 6.61 Å². The Balaban J connectivity index is 3.04. The van der Waals surface area contributed by atoms with Gasteiger partial charge in [-0.25, -0.2) is 0 Å². The molecule has 0 atom stereocenters. The Morgan fingerprint density at radius 1 is 1.47 bits per heavy atom. The van der Waals surface area contributed by atoms with Gasteiger partial charge in [-0.3, -0.25) is 0 Å². The monoisotopic (exact) mass is 244 g/mol. The highest BCUT2D eigenvalue weighted by Crippen LogP contribution is 2.32. The van der Waals surface area contributed by atoms with E-state index >= 15 is 0 Å². The quantitative estimate of drug-likeness (QED) is 0.886. The summed E-state index contributed by atoms with van der Waals surface area (Å²) in [6, 6.07) is 5.25.